The van der Waals surface area contributed by atoms with Gasteiger partial charge in [0.25, 0.3) is 12.3 Å². The second-order valence-corrected chi connectivity index (χ2v) is 4.25. The maximum absolute atomic E-state index is 11.6. The topological polar surface area (TPSA) is 63.7 Å². The molecule has 0 N–H and O–H groups in total. The molecule has 0 rings (SSSR count). The fourth-order valence-corrected chi connectivity index (χ4v) is 1.49. The molecule has 0 aliphatic rings. The van der Waals surface area contributed by atoms with Crippen LogP contribution in [-0.4, -0.2) is 23.3 Å². The maximum Gasteiger partial charge on any atom is 0.333 e. The Morgan fingerprint density at radius 3 is 2.42 bits per heavy atom. The van der Waals surface area contributed by atoms with Gasteiger partial charge in [0.2, 0.25) is 0 Å². The normalized spacial score (nSPS) is 12.2. The van der Waals surface area contributed by atoms with E-state index in [-0.39, 0.29) is 25.2 Å². The average Bonchev–Trinajstić information content (AvgIpc) is 2.40. The van der Waals surface area contributed by atoms with Crippen molar-refractivity contribution in [3.05, 3.63) is 12.2 Å². The van der Waals surface area contributed by atoms with Gasteiger partial charge in [0, 0.05) is 6.42 Å². The Hall–Kier alpha value is -1.65. The van der Waals surface area contributed by atoms with Gasteiger partial charge >= 0.3 is 5.97 Å². The maximum atomic E-state index is 11.6. The second-order valence-electron chi connectivity index (χ2n) is 4.25. The summed E-state index contributed by atoms with van der Waals surface area (Å²) in [6.45, 7) is 5.79. The highest BCUT2D eigenvalue weighted by Crippen LogP contribution is 2.12. The van der Waals surface area contributed by atoms with Crippen LogP contribution in [-0.2, 0) is 19.2 Å². The Morgan fingerprint density at radius 2 is 1.95 bits per heavy atom. The standard InChI is InChI=1S/C14H23NO4/c1-4-7-9-12(6-3)10-14(18)19-15(11-16)13(17)8-5-2/h7,9,11-12H,4-6,8,10H2,1-3H3/b9-7+. The van der Waals surface area contributed by atoms with Crippen LogP contribution in [0.25, 0.3) is 0 Å². The van der Waals surface area contributed by atoms with Gasteiger partial charge in [-0.3, -0.25) is 9.59 Å². The van der Waals surface area contributed by atoms with E-state index in [9.17, 15) is 14.4 Å². The molecule has 0 radical (unpaired) electrons. The quantitative estimate of drug-likeness (QED) is 0.386. The van der Waals surface area contributed by atoms with Gasteiger partial charge in [0.05, 0.1) is 6.42 Å². The lowest BCUT2D eigenvalue weighted by Gasteiger charge is -2.15. The van der Waals surface area contributed by atoms with Crippen molar-refractivity contribution in [3.63, 3.8) is 0 Å². The number of imide groups is 1. The number of carbonyl (C=O) groups is 3. The van der Waals surface area contributed by atoms with E-state index < -0.39 is 11.9 Å². The van der Waals surface area contributed by atoms with Crippen molar-refractivity contribution in [2.45, 2.75) is 52.9 Å². The summed E-state index contributed by atoms with van der Waals surface area (Å²) in [6, 6.07) is 0. The largest absolute Gasteiger partial charge is 0.333 e. The molecule has 0 aromatic carbocycles. The van der Waals surface area contributed by atoms with E-state index in [4.69, 9.17) is 4.84 Å². The number of allylic oxidation sites excluding steroid dienone is 2. The summed E-state index contributed by atoms with van der Waals surface area (Å²) in [5.41, 5.74) is 0. The third-order valence-electron chi connectivity index (χ3n) is 2.60. The van der Waals surface area contributed by atoms with Crippen molar-refractivity contribution >= 4 is 18.3 Å². The van der Waals surface area contributed by atoms with Crippen molar-refractivity contribution in [1.29, 1.82) is 0 Å². The van der Waals surface area contributed by atoms with Crippen LogP contribution in [0.2, 0.25) is 0 Å². The van der Waals surface area contributed by atoms with Gasteiger partial charge in [-0.25, -0.2) is 4.79 Å². The van der Waals surface area contributed by atoms with E-state index in [1.54, 1.807) is 0 Å². The lowest BCUT2D eigenvalue weighted by Crippen LogP contribution is -2.32. The monoisotopic (exact) mass is 269 g/mol. The summed E-state index contributed by atoms with van der Waals surface area (Å²) in [5, 5.41) is 0.488. The molecular weight excluding hydrogens is 246 g/mol. The zero-order chi connectivity index (χ0) is 14.7. The van der Waals surface area contributed by atoms with Gasteiger partial charge in [-0.15, -0.1) is 5.06 Å². The molecule has 0 aliphatic carbocycles. The van der Waals surface area contributed by atoms with Crippen molar-refractivity contribution in [2.24, 2.45) is 5.92 Å². The molecule has 0 fully saturated rings. The Morgan fingerprint density at radius 1 is 1.26 bits per heavy atom. The van der Waals surface area contributed by atoms with E-state index in [2.05, 4.69) is 0 Å². The molecule has 0 aromatic heterocycles. The Balaban J connectivity index is 4.37. The molecular formula is C14H23NO4. The summed E-state index contributed by atoms with van der Waals surface area (Å²) in [7, 11) is 0. The molecule has 0 aromatic rings. The molecule has 5 nitrogen and oxygen atoms in total. The smallest absolute Gasteiger partial charge is 0.331 e. The number of carbonyl (C=O) groups excluding carboxylic acids is 3. The molecule has 19 heavy (non-hydrogen) atoms. The van der Waals surface area contributed by atoms with Crippen molar-refractivity contribution in [3.8, 4) is 0 Å². The van der Waals surface area contributed by atoms with Crippen LogP contribution in [0.4, 0.5) is 0 Å². The zero-order valence-corrected chi connectivity index (χ0v) is 11.9. The van der Waals surface area contributed by atoms with Crippen molar-refractivity contribution in [2.75, 3.05) is 0 Å². The van der Waals surface area contributed by atoms with Crippen molar-refractivity contribution < 1.29 is 19.2 Å². The fourth-order valence-electron chi connectivity index (χ4n) is 1.49. The summed E-state index contributed by atoms with van der Waals surface area (Å²) in [4.78, 5) is 38.6. The number of rotatable bonds is 8. The van der Waals surface area contributed by atoms with Gasteiger partial charge in [-0.1, -0.05) is 32.9 Å². The van der Waals surface area contributed by atoms with Gasteiger partial charge in [-0.2, -0.15) is 0 Å². The van der Waals surface area contributed by atoms with E-state index in [1.807, 2.05) is 32.9 Å². The average molecular weight is 269 g/mol. The summed E-state index contributed by atoms with van der Waals surface area (Å²) in [6.07, 6.45) is 6.82. The highest BCUT2D eigenvalue weighted by molar-refractivity contribution is 5.86. The molecule has 5 heteroatoms. The first kappa shape index (κ1) is 17.4. The van der Waals surface area contributed by atoms with Crippen LogP contribution in [0.5, 0.6) is 0 Å². The predicted molar refractivity (Wildman–Crippen MR) is 71.7 cm³/mol. The first-order valence-electron chi connectivity index (χ1n) is 6.73. The minimum absolute atomic E-state index is 0.0715. The first-order chi connectivity index (χ1) is 9.08. The van der Waals surface area contributed by atoms with E-state index in [0.29, 0.717) is 11.5 Å². The number of hydroxylamine groups is 2. The zero-order valence-electron chi connectivity index (χ0n) is 11.9. The molecule has 0 saturated heterocycles. The van der Waals surface area contributed by atoms with E-state index >= 15 is 0 Å². The number of nitrogens with zero attached hydrogens (tertiary/aromatic N) is 1. The highest BCUT2D eigenvalue weighted by Gasteiger charge is 2.19. The van der Waals surface area contributed by atoms with Gasteiger partial charge in [0.15, 0.2) is 0 Å². The van der Waals surface area contributed by atoms with Crippen LogP contribution >= 0.6 is 0 Å². The molecule has 0 saturated carbocycles. The lowest BCUT2D eigenvalue weighted by molar-refractivity contribution is -0.197. The summed E-state index contributed by atoms with van der Waals surface area (Å²) in [5.74, 6) is -0.991. The third-order valence-corrected chi connectivity index (χ3v) is 2.60. The Bertz CT molecular complexity index is 325. The van der Waals surface area contributed by atoms with Gasteiger partial charge in [-0.05, 0) is 25.2 Å². The highest BCUT2D eigenvalue weighted by atomic mass is 16.7. The second kappa shape index (κ2) is 10.3. The molecule has 1 unspecified atom stereocenters. The predicted octanol–water partition coefficient (Wildman–Crippen LogP) is 2.61. The number of hydrogen-bond donors (Lipinski definition) is 0. The van der Waals surface area contributed by atoms with E-state index in [1.165, 1.54) is 0 Å². The number of amides is 2. The van der Waals surface area contributed by atoms with Crippen LogP contribution in [0.15, 0.2) is 12.2 Å². The Labute approximate surface area is 114 Å². The molecule has 0 bridgehead atoms. The Kier molecular flexibility index (Phi) is 9.40. The third kappa shape index (κ3) is 7.39. The van der Waals surface area contributed by atoms with Crippen LogP contribution in [0.3, 0.4) is 0 Å². The fraction of sp³-hybridized carbons (Fsp3) is 0.643. The minimum Gasteiger partial charge on any atom is -0.331 e. The molecule has 1 atom stereocenters. The SMILES string of the molecule is CC/C=C/C(CC)CC(=O)ON(C=O)C(=O)CCC. The van der Waals surface area contributed by atoms with Crippen molar-refractivity contribution in [1.82, 2.24) is 5.06 Å². The first-order valence-corrected chi connectivity index (χ1v) is 6.73. The molecule has 0 heterocycles. The minimum atomic E-state index is -0.566. The van der Waals surface area contributed by atoms with E-state index in [0.717, 1.165) is 12.8 Å². The van der Waals surface area contributed by atoms with Crippen LogP contribution < -0.4 is 0 Å². The van der Waals surface area contributed by atoms with Crippen LogP contribution in [0.1, 0.15) is 52.9 Å². The lowest BCUT2D eigenvalue weighted by atomic mass is 10.0. The van der Waals surface area contributed by atoms with Gasteiger partial charge in [0.1, 0.15) is 0 Å². The molecule has 108 valence electrons. The van der Waals surface area contributed by atoms with Crippen LogP contribution in [0, 0.1) is 5.92 Å². The molecule has 2 amide bonds. The number of hydrogen-bond acceptors (Lipinski definition) is 4. The summed E-state index contributed by atoms with van der Waals surface area (Å²) >= 11 is 0. The molecule has 0 aliphatic heterocycles. The van der Waals surface area contributed by atoms with Gasteiger partial charge < -0.3 is 4.84 Å². The molecule has 0 spiro atoms. The summed E-state index contributed by atoms with van der Waals surface area (Å²) < 4.78 is 0.